The lowest BCUT2D eigenvalue weighted by atomic mass is 10.1. The van der Waals surface area contributed by atoms with E-state index in [9.17, 15) is 0 Å². The Hall–Kier alpha value is -2.29. The Balaban J connectivity index is 2.01. The summed E-state index contributed by atoms with van der Waals surface area (Å²) in [7, 11) is 1.84. The van der Waals surface area contributed by atoms with Crippen molar-refractivity contribution in [1.29, 1.82) is 0 Å². The van der Waals surface area contributed by atoms with Crippen LogP contribution in [0.25, 0.3) is 11.3 Å². The van der Waals surface area contributed by atoms with Crippen LogP contribution in [-0.4, -0.2) is 22.7 Å². The molecule has 1 heterocycles. The van der Waals surface area contributed by atoms with Crippen molar-refractivity contribution in [2.75, 3.05) is 7.05 Å². The molecule has 0 atom stereocenters. The van der Waals surface area contributed by atoms with E-state index in [1.807, 2.05) is 32.4 Å². The van der Waals surface area contributed by atoms with E-state index in [1.165, 1.54) is 5.56 Å². The van der Waals surface area contributed by atoms with Crippen molar-refractivity contribution in [3.63, 3.8) is 0 Å². The van der Waals surface area contributed by atoms with Gasteiger partial charge in [0.25, 0.3) is 0 Å². The minimum atomic E-state index is 0.921. The van der Waals surface area contributed by atoms with Gasteiger partial charge in [0, 0.05) is 24.5 Å². The molecule has 0 aliphatic heterocycles. The number of nitrogens with zero attached hydrogens (tertiary/aromatic N) is 3. The summed E-state index contributed by atoms with van der Waals surface area (Å²) in [6, 6.07) is 8.57. The molecule has 0 bridgehead atoms. The summed E-state index contributed by atoms with van der Waals surface area (Å²) < 4.78 is 0. The highest BCUT2D eigenvalue weighted by molar-refractivity contribution is 5.94. The van der Waals surface area contributed by atoms with E-state index in [1.54, 1.807) is 0 Å². The van der Waals surface area contributed by atoms with Crippen LogP contribution >= 0.6 is 0 Å². The Morgan fingerprint density at radius 1 is 1.17 bits per heavy atom. The molecule has 0 radical (unpaired) electrons. The van der Waals surface area contributed by atoms with E-state index < -0.39 is 0 Å². The van der Waals surface area contributed by atoms with E-state index in [2.05, 4.69) is 47.2 Å². The lowest BCUT2D eigenvalue weighted by molar-refractivity contribution is 0.831. The lowest BCUT2D eigenvalue weighted by Gasteiger charge is -2.05. The first-order valence-corrected chi connectivity index (χ1v) is 8.25. The highest BCUT2D eigenvalue weighted by Crippen LogP contribution is 2.18. The van der Waals surface area contributed by atoms with Crippen LogP contribution < -0.4 is 0 Å². The fourth-order valence-corrected chi connectivity index (χ4v) is 2.49. The maximum Gasteiger partial charge on any atom is 0.0888 e. The van der Waals surface area contributed by atoms with Gasteiger partial charge >= 0.3 is 0 Å². The summed E-state index contributed by atoms with van der Waals surface area (Å²) in [5.41, 5.74) is 5.59. The number of benzene rings is 1. The van der Waals surface area contributed by atoms with Crippen molar-refractivity contribution in [2.24, 2.45) is 4.99 Å². The van der Waals surface area contributed by atoms with Gasteiger partial charge in [0.2, 0.25) is 0 Å². The molecule has 0 amide bonds. The van der Waals surface area contributed by atoms with Gasteiger partial charge in [-0.3, -0.25) is 9.98 Å². The fourth-order valence-electron chi connectivity index (χ4n) is 2.49. The molecule has 120 valence electrons. The Kier molecular flexibility index (Phi) is 6.67. The highest BCUT2D eigenvalue weighted by Gasteiger charge is 2.03. The zero-order chi connectivity index (χ0) is 16.5. The van der Waals surface area contributed by atoms with Crippen molar-refractivity contribution in [2.45, 2.75) is 39.5 Å². The van der Waals surface area contributed by atoms with Crippen molar-refractivity contribution < 1.29 is 0 Å². The SMILES string of the molecule is C/C=C\C(CCCc1cncc(-c2ccc(CC)cc2)n1)=NC. The molecule has 0 N–H and O–H groups in total. The second-order valence-corrected chi connectivity index (χ2v) is 5.51. The topological polar surface area (TPSA) is 38.1 Å². The monoisotopic (exact) mass is 307 g/mol. The zero-order valence-corrected chi connectivity index (χ0v) is 14.3. The molecule has 2 rings (SSSR count). The molecule has 3 heteroatoms. The van der Waals surface area contributed by atoms with Crippen LogP contribution in [0, 0.1) is 0 Å². The second kappa shape index (κ2) is 8.99. The first-order chi connectivity index (χ1) is 11.3. The first-order valence-electron chi connectivity index (χ1n) is 8.25. The van der Waals surface area contributed by atoms with Gasteiger partial charge in [0.05, 0.1) is 17.6 Å². The van der Waals surface area contributed by atoms with E-state index in [0.29, 0.717) is 0 Å². The molecular formula is C20H25N3. The lowest BCUT2D eigenvalue weighted by Crippen LogP contribution is -1.98. The van der Waals surface area contributed by atoms with Crippen LogP contribution in [0.4, 0.5) is 0 Å². The third-order valence-electron chi connectivity index (χ3n) is 3.85. The maximum absolute atomic E-state index is 4.75. The molecule has 3 nitrogen and oxygen atoms in total. The van der Waals surface area contributed by atoms with E-state index in [0.717, 1.165) is 48.3 Å². The minimum absolute atomic E-state index is 0.921. The van der Waals surface area contributed by atoms with Gasteiger partial charge in [-0.2, -0.15) is 0 Å². The summed E-state index contributed by atoms with van der Waals surface area (Å²) in [6.45, 7) is 4.18. The normalized spacial score (nSPS) is 12.0. The summed E-state index contributed by atoms with van der Waals surface area (Å²) >= 11 is 0. The van der Waals surface area contributed by atoms with Crippen LogP contribution in [-0.2, 0) is 12.8 Å². The van der Waals surface area contributed by atoms with Gasteiger partial charge < -0.3 is 0 Å². The van der Waals surface area contributed by atoms with Gasteiger partial charge in [-0.05, 0) is 44.2 Å². The van der Waals surface area contributed by atoms with Gasteiger partial charge in [0.15, 0.2) is 0 Å². The van der Waals surface area contributed by atoms with Gasteiger partial charge in [0.1, 0.15) is 0 Å². The number of aliphatic imine (C=N–C) groups is 1. The molecule has 0 spiro atoms. The molecule has 0 saturated heterocycles. The minimum Gasteiger partial charge on any atom is -0.293 e. The molecular weight excluding hydrogens is 282 g/mol. The summed E-state index contributed by atoms with van der Waals surface area (Å²) in [4.78, 5) is 13.4. The van der Waals surface area contributed by atoms with Crippen molar-refractivity contribution >= 4 is 5.71 Å². The standard InChI is InChI=1S/C20H25N3/c1-4-7-18(21-3)8-6-9-19-14-22-15-20(23-19)17-12-10-16(5-2)11-13-17/h4,7,10-15H,5-6,8-9H2,1-3H3/b7-4-,21-18?. The van der Waals surface area contributed by atoms with Gasteiger partial charge in [-0.15, -0.1) is 0 Å². The first kappa shape index (κ1) is 17.1. The second-order valence-electron chi connectivity index (χ2n) is 5.51. The molecule has 0 aliphatic rings. The molecule has 2 aromatic rings. The predicted octanol–water partition coefficient (Wildman–Crippen LogP) is 4.68. The number of aromatic nitrogens is 2. The maximum atomic E-state index is 4.75. The van der Waals surface area contributed by atoms with Crippen LogP contribution in [0.5, 0.6) is 0 Å². The molecule has 0 unspecified atom stereocenters. The Morgan fingerprint density at radius 2 is 1.96 bits per heavy atom. The Labute approximate surface area is 139 Å². The predicted molar refractivity (Wildman–Crippen MR) is 98.0 cm³/mol. The van der Waals surface area contributed by atoms with E-state index in [-0.39, 0.29) is 0 Å². The van der Waals surface area contributed by atoms with Crippen molar-refractivity contribution in [3.05, 3.63) is 60.1 Å². The Morgan fingerprint density at radius 3 is 2.61 bits per heavy atom. The van der Waals surface area contributed by atoms with Crippen LogP contribution in [0.3, 0.4) is 0 Å². The smallest absolute Gasteiger partial charge is 0.0888 e. The summed E-state index contributed by atoms with van der Waals surface area (Å²) in [6.07, 6.45) is 11.8. The Bertz CT molecular complexity index is 670. The average Bonchev–Trinajstić information content (AvgIpc) is 2.61. The number of rotatable bonds is 7. The highest BCUT2D eigenvalue weighted by atomic mass is 14.8. The van der Waals surface area contributed by atoms with Crippen molar-refractivity contribution in [3.8, 4) is 11.3 Å². The number of allylic oxidation sites excluding steroid dienone is 2. The van der Waals surface area contributed by atoms with Gasteiger partial charge in [-0.1, -0.05) is 37.3 Å². The fraction of sp³-hybridized carbons (Fsp3) is 0.350. The van der Waals surface area contributed by atoms with E-state index >= 15 is 0 Å². The molecule has 1 aromatic heterocycles. The zero-order valence-electron chi connectivity index (χ0n) is 14.3. The van der Waals surface area contributed by atoms with E-state index in [4.69, 9.17) is 4.98 Å². The van der Waals surface area contributed by atoms with Gasteiger partial charge in [-0.25, -0.2) is 4.98 Å². The van der Waals surface area contributed by atoms with Crippen LogP contribution in [0.1, 0.15) is 37.9 Å². The molecule has 0 fully saturated rings. The molecule has 1 aromatic carbocycles. The average molecular weight is 307 g/mol. The quantitative estimate of drug-likeness (QED) is 0.697. The number of aryl methyl sites for hydroxylation is 2. The third-order valence-corrected chi connectivity index (χ3v) is 3.85. The molecule has 23 heavy (non-hydrogen) atoms. The summed E-state index contributed by atoms with van der Waals surface area (Å²) in [5.74, 6) is 0. The third kappa shape index (κ3) is 5.13. The summed E-state index contributed by atoms with van der Waals surface area (Å²) in [5, 5.41) is 0. The number of hydrogen-bond acceptors (Lipinski definition) is 3. The number of hydrogen-bond donors (Lipinski definition) is 0. The van der Waals surface area contributed by atoms with Crippen LogP contribution in [0.2, 0.25) is 0 Å². The van der Waals surface area contributed by atoms with Crippen LogP contribution in [0.15, 0.2) is 53.8 Å². The molecule has 0 saturated carbocycles. The largest absolute Gasteiger partial charge is 0.293 e. The van der Waals surface area contributed by atoms with Crippen molar-refractivity contribution in [1.82, 2.24) is 9.97 Å². The molecule has 0 aliphatic carbocycles.